The summed E-state index contributed by atoms with van der Waals surface area (Å²) in [5, 5.41) is 8.59. The van der Waals surface area contributed by atoms with Crippen molar-refractivity contribution in [2.75, 3.05) is 0 Å². The molecular weight excluding hydrogens is 372 g/mol. The van der Waals surface area contributed by atoms with Crippen LogP contribution in [0.1, 0.15) is 135 Å². The summed E-state index contributed by atoms with van der Waals surface area (Å²) in [6.45, 7) is 7.47. The lowest BCUT2D eigenvalue weighted by atomic mass is 10.0. The highest BCUT2D eigenvalue weighted by atomic mass is 28.3. The molecule has 0 aromatic carbocycles. The first-order chi connectivity index (χ1) is 13.9. The molecule has 0 atom stereocenters. The minimum absolute atomic E-state index is 0.346. The van der Waals surface area contributed by atoms with Crippen molar-refractivity contribution in [2.24, 2.45) is 0 Å². The molecule has 0 saturated carbocycles. The first-order valence-electron chi connectivity index (χ1n) is 13.1. The van der Waals surface area contributed by atoms with Gasteiger partial charge in [-0.05, 0) is 6.42 Å². The summed E-state index contributed by atoms with van der Waals surface area (Å²) in [7, 11) is -0.790. The zero-order chi connectivity index (χ0) is 21.6. The van der Waals surface area contributed by atoms with Crippen LogP contribution in [0.4, 0.5) is 0 Å². The number of hydrogen-bond acceptors (Lipinski definition) is 1. The van der Waals surface area contributed by atoms with Gasteiger partial charge in [0.05, 0.1) is 0 Å². The average Bonchev–Trinajstić information content (AvgIpc) is 2.64. The summed E-state index contributed by atoms with van der Waals surface area (Å²) in [5.74, 6) is -0.650. The van der Waals surface area contributed by atoms with E-state index < -0.39 is 14.0 Å². The first kappa shape index (κ1) is 28.7. The van der Waals surface area contributed by atoms with Crippen LogP contribution in [0.25, 0.3) is 0 Å². The molecule has 0 spiro atoms. The van der Waals surface area contributed by atoms with Gasteiger partial charge < -0.3 is 5.11 Å². The van der Waals surface area contributed by atoms with Crippen molar-refractivity contribution < 1.29 is 9.90 Å². The van der Waals surface area contributed by atoms with Crippen LogP contribution in [-0.2, 0) is 4.79 Å². The van der Waals surface area contributed by atoms with Gasteiger partial charge in [0, 0.05) is 14.5 Å². The molecule has 29 heavy (non-hydrogen) atoms. The Morgan fingerprint density at radius 1 is 0.483 bits per heavy atom. The Bertz CT molecular complexity index is 349. The smallest absolute Gasteiger partial charge is 0.303 e. The molecule has 1 N–H and O–H groups in total. The van der Waals surface area contributed by atoms with E-state index in [2.05, 4.69) is 19.6 Å². The number of aliphatic carboxylic acids is 1. The van der Waals surface area contributed by atoms with Crippen LogP contribution in [-0.4, -0.2) is 19.1 Å². The topological polar surface area (TPSA) is 37.3 Å². The van der Waals surface area contributed by atoms with E-state index in [4.69, 9.17) is 5.11 Å². The molecule has 3 heteroatoms. The molecule has 0 rings (SSSR count). The fourth-order valence-corrected chi connectivity index (χ4v) is 5.42. The average molecular weight is 427 g/mol. The van der Waals surface area contributed by atoms with Gasteiger partial charge in [-0.25, -0.2) is 0 Å². The van der Waals surface area contributed by atoms with Crippen molar-refractivity contribution in [1.82, 2.24) is 0 Å². The molecule has 0 aromatic heterocycles. The van der Waals surface area contributed by atoms with Crippen LogP contribution < -0.4 is 0 Å². The maximum atomic E-state index is 10.4. The van der Waals surface area contributed by atoms with E-state index in [1.165, 1.54) is 122 Å². The van der Waals surface area contributed by atoms with Crippen molar-refractivity contribution >= 4 is 14.0 Å². The summed E-state index contributed by atoms with van der Waals surface area (Å²) < 4.78 is 0. The molecule has 0 radical (unpaired) electrons. The number of carboxylic acids is 1. The van der Waals surface area contributed by atoms with Crippen molar-refractivity contribution in [3.63, 3.8) is 0 Å². The van der Waals surface area contributed by atoms with Crippen molar-refractivity contribution in [3.05, 3.63) is 0 Å². The lowest BCUT2D eigenvalue weighted by Gasteiger charge is -2.14. The van der Waals surface area contributed by atoms with Gasteiger partial charge in [0.25, 0.3) is 0 Å². The van der Waals surface area contributed by atoms with Crippen molar-refractivity contribution in [3.8, 4) is 0 Å². The summed E-state index contributed by atoms with van der Waals surface area (Å²) in [4.78, 5) is 10.4. The molecule has 0 bridgehead atoms. The summed E-state index contributed by atoms with van der Waals surface area (Å²) in [6.07, 6.45) is 27.8. The summed E-state index contributed by atoms with van der Waals surface area (Å²) >= 11 is 0. The van der Waals surface area contributed by atoms with E-state index in [0.29, 0.717) is 6.42 Å². The van der Waals surface area contributed by atoms with E-state index >= 15 is 0 Å². The van der Waals surface area contributed by atoms with Crippen LogP contribution in [0.3, 0.4) is 0 Å². The van der Waals surface area contributed by atoms with Crippen molar-refractivity contribution in [1.29, 1.82) is 0 Å². The highest BCUT2D eigenvalue weighted by molar-refractivity contribution is 6.76. The van der Waals surface area contributed by atoms with Crippen LogP contribution >= 0.6 is 0 Å². The second-order valence-corrected chi connectivity index (χ2v) is 16.1. The lowest BCUT2D eigenvalue weighted by molar-refractivity contribution is -0.137. The molecule has 2 nitrogen and oxygen atoms in total. The Balaban J connectivity index is 3.04. The maximum absolute atomic E-state index is 10.4. The molecule has 0 aliphatic carbocycles. The Kier molecular flexibility index (Phi) is 20.7. The largest absolute Gasteiger partial charge is 0.481 e. The van der Waals surface area contributed by atoms with Crippen LogP contribution in [0.15, 0.2) is 0 Å². The SMILES string of the molecule is C[Si](C)(C)CCCCCCCCCCCCCCCCCCCCCCC(=O)O. The van der Waals surface area contributed by atoms with Crippen LogP contribution in [0.5, 0.6) is 0 Å². The molecule has 174 valence electrons. The van der Waals surface area contributed by atoms with E-state index in [0.717, 1.165) is 12.8 Å². The number of rotatable bonds is 23. The van der Waals surface area contributed by atoms with E-state index in [9.17, 15) is 4.79 Å². The predicted octanol–water partition coefficient (Wildman–Crippen LogP) is 9.60. The molecule has 0 saturated heterocycles. The number of carboxylic acid groups (broad SMARTS) is 1. The van der Waals surface area contributed by atoms with E-state index in [1.54, 1.807) is 0 Å². The molecule has 0 unspecified atom stereocenters. The molecule has 0 aliphatic rings. The van der Waals surface area contributed by atoms with Gasteiger partial charge in [0.2, 0.25) is 0 Å². The van der Waals surface area contributed by atoms with Gasteiger partial charge in [-0.1, -0.05) is 148 Å². The number of unbranched alkanes of at least 4 members (excludes halogenated alkanes) is 19. The Morgan fingerprint density at radius 2 is 0.724 bits per heavy atom. The van der Waals surface area contributed by atoms with Crippen molar-refractivity contribution in [2.45, 2.75) is 161 Å². The van der Waals surface area contributed by atoms with Gasteiger partial charge >= 0.3 is 5.97 Å². The fourth-order valence-electron chi connectivity index (χ4n) is 4.11. The van der Waals surface area contributed by atoms with Crippen LogP contribution in [0, 0.1) is 0 Å². The second-order valence-electron chi connectivity index (χ2n) is 10.5. The van der Waals surface area contributed by atoms with Crippen LogP contribution in [0.2, 0.25) is 25.7 Å². The third-order valence-corrected chi connectivity index (χ3v) is 7.92. The zero-order valence-electron chi connectivity index (χ0n) is 20.4. The standard InChI is InChI=1S/C26H54O2Si/c1-29(2,3)25-23-21-19-17-15-13-11-9-7-5-4-6-8-10-12-14-16-18-20-22-24-26(27)28/h4-25H2,1-3H3,(H,27,28). The minimum Gasteiger partial charge on any atom is -0.481 e. The molecule has 0 aromatic rings. The van der Waals surface area contributed by atoms with E-state index in [-0.39, 0.29) is 0 Å². The Hall–Kier alpha value is -0.313. The quantitative estimate of drug-likeness (QED) is 0.130. The molecular formula is C26H54O2Si. The maximum Gasteiger partial charge on any atom is 0.303 e. The summed E-state index contributed by atoms with van der Waals surface area (Å²) in [5.41, 5.74) is 0. The highest BCUT2D eigenvalue weighted by Gasteiger charge is 2.11. The first-order valence-corrected chi connectivity index (χ1v) is 16.8. The van der Waals surface area contributed by atoms with Gasteiger partial charge in [-0.3, -0.25) is 4.79 Å². The van der Waals surface area contributed by atoms with Gasteiger partial charge in [0.15, 0.2) is 0 Å². The third-order valence-electron chi connectivity index (χ3n) is 6.07. The third kappa shape index (κ3) is 27.7. The monoisotopic (exact) mass is 426 g/mol. The molecule has 0 amide bonds. The lowest BCUT2D eigenvalue weighted by Crippen LogP contribution is -2.18. The van der Waals surface area contributed by atoms with Gasteiger partial charge in [0.1, 0.15) is 0 Å². The Morgan fingerprint density at radius 3 is 0.966 bits per heavy atom. The highest BCUT2D eigenvalue weighted by Crippen LogP contribution is 2.17. The fraction of sp³-hybridized carbons (Fsp3) is 0.962. The molecule has 0 heterocycles. The number of carbonyl (C=O) groups is 1. The second kappa shape index (κ2) is 20.9. The van der Waals surface area contributed by atoms with Gasteiger partial charge in [-0.2, -0.15) is 0 Å². The Labute approximate surface area is 184 Å². The minimum atomic E-state index is -0.790. The van der Waals surface area contributed by atoms with Gasteiger partial charge in [-0.15, -0.1) is 0 Å². The zero-order valence-corrected chi connectivity index (χ0v) is 21.4. The number of hydrogen-bond donors (Lipinski definition) is 1. The molecule has 0 aliphatic heterocycles. The predicted molar refractivity (Wildman–Crippen MR) is 133 cm³/mol. The van der Waals surface area contributed by atoms with E-state index in [1.807, 2.05) is 0 Å². The normalized spacial score (nSPS) is 11.8. The molecule has 0 fully saturated rings. The summed E-state index contributed by atoms with van der Waals surface area (Å²) in [6, 6.07) is 1.52.